The van der Waals surface area contributed by atoms with E-state index in [4.69, 9.17) is 9.39 Å². The van der Waals surface area contributed by atoms with Crippen molar-refractivity contribution in [2.24, 2.45) is 17.8 Å². The van der Waals surface area contributed by atoms with Crippen LogP contribution in [0.2, 0.25) is 6.32 Å². The Bertz CT molecular complexity index is 1270. The van der Waals surface area contributed by atoms with E-state index in [1.54, 1.807) is 12.1 Å². The number of imide groups is 1. The number of phenols is 1. The molecule has 1 aliphatic carbocycles. The third kappa shape index (κ3) is 5.82. The van der Waals surface area contributed by atoms with Crippen molar-refractivity contribution in [3.63, 3.8) is 0 Å². The van der Waals surface area contributed by atoms with E-state index < -0.39 is 19.0 Å². The van der Waals surface area contributed by atoms with Crippen LogP contribution in [0.15, 0.2) is 71.3 Å². The number of likely N-dealkylation sites (tertiary alicyclic amines) is 1. The van der Waals surface area contributed by atoms with Gasteiger partial charge in [-0.05, 0) is 85.8 Å². The third-order valence-corrected chi connectivity index (χ3v) is 8.09. The molecule has 8 heteroatoms. The highest BCUT2D eigenvalue weighted by Crippen LogP contribution is 2.50. The molecule has 0 spiro atoms. The highest BCUT2D eigenvalue weighted by molar-refractivity contribution is 6.43. The van der Waals surface area contributed by atoms with Gasteiger partial charge in [-0.15, -0.1) is 0 Å². The predicted molar refractivity (Wildman–Crippen MR) is 150 cm³/mol. The van der Waals surface area contributed by atoms with E-state index in [9.17, 15) is 19.7 Å². The number of hydrogen-bond acceptors (Lipinski definition) is 6. The van der Waals surface area contributed by atoms with Crippen molar-refractivity contribution in [3.05, 3.63) is 76.9 Å². The first-order valence-corrected chi connectivity index (χ1v) is 13.9. The lowest BCUT2D eigenvalue weighted by Crippen LogP contribution is -2.46. The third-order valence-electron chi connectivity index (χ3n) is 8.09. The highest BCUT2D eigenvalue weighted by atomic mass is 16.5. The molecule has 3 aliphatic rings. The van der Waals surface area contributed by atoms with Crippen LogP contribution in [0.1, 0.15) is 45.1 Å². The van der Waals surface area contributed by atoms with Crippen molar-refractivity contribution < 1.29 is 29.1 Å². The van der Waals surface area contributed by atoms with Gasteiger partial charge in [-0.25, -0.2) is 0 Å². The largest absolute Gasteiger partial charge is 0.508 e. The van der Waals surface area contributed by atoms with Gasteiger partial charge in [-0.1, -0.05) is 48.9 Å². The molecule has 2 fully saturated rings. The summed E-state index contributed by atoms with van der Waals surface area (Å²) in [6.45, 7) is 4.73. The van der Waals surface area contributed by atoms with Crippen LogP contribution in [-0.2, 0) is 14.2 Å². The van der Waals surface area contributed by atoms with Gasteiger partial charge in [0.25, 0.3) is 0 Å². The van der Waals surface area contributed by atoms with Gasteiger partial charge < -0.3 is 19.5 Å². The lowest BCUT2D eigenvalue weighted by molar-refractivity contribution is -0.140. The van der Waals surface area contributed by atoms with E-state index in [2.05, 4.69) is 0 Å². The lowest BCUT2D eigenvalue weighted by Gasteiger charge is -2.43. The Morgan fingerprint density at radius 1 is 1.13 bits per heavy atom. The Balaban J connectivity index is 1.44. The molecule has 0 aromatic heterocycles. The van der Waals surface area contributed by atoms with E-state index in [0.29, 0.717) is 45.2 Å². The van der Waals surface area contributed by atoms with Crippen molar-refractivity contribution >= 4 is 25.0 Å². The fourth-order valence-corrected chi connectivity index (χ4v) is 6.42. The van der Waals surface area contributed by atoms with Crippen LogP contribution in [0.3, 0.4) is 0 Å². The number of ether oxygens (including phenoxy) is 1. The number of amides is 2. The highest BCUT2D eigenvalue weighted by Gasteiger charge is 2.57. The summed E-state index contributed by atoms with van der Waals surface area (Å²) in [6, 6.07) is 16.7. The Labute approximate surface area is 230 Å². The normalized spacial score (nSPS) is 25.2. The number of rotatable bonds is 9. The molecule has 5 rings (SSSR count). The Morgan fingerprint density at radius 2 is 1.92 bits per heavy atom. The number of carbonyl (C=O) groups excluding carboxylic acids is 2. The fraction of sp³-hybridized carbons (Fsp3) is 0.419. The summed E-state index contributed by atoms with van der Waals surface area (Å²) in [4.78, 5) is 28.2. The van der Waals surface area contributed by atoms with Crippen LogP contribution in [0, 0.1) is 17.8 Å². The van der Waals surface area contributed by atoms with Crippen LogP contribution in [0.4, 0.5) is 0 Å². The van der Waals surface area contributed by atoms with Crippen LogP contribution >= 0.6 is 0 Å². The Morgan fingerprint density at radius 3 is 2.67 bits per heavy atom. The van der Waals surface area contributed by atoms with Crippen LogP contribution < -0.4 is 4.74 Å². The molecule has 0 unspecified atom stereocenters. The molecule has 39 heavy (non-hydrogen) atoms. The van der Waals surface area contributed by atoms with Gasteiger partial charge in [-0.3, -0.25) is 14.5 Å². The monoisotopic (exact) mass is 529 g/mol. The second-order valence-corrected chi connectivity index (χ2v) is 10.9. The minimum absolute atomic E-state index is 0.106. The zero-order chi connectivity index (χ0) is 27.5. The molecule has 0 saturated carbocycles. The molecule has 7 nitrogen and oxygen atoms in total. The van der Waals surface area contributed by atoms with Gasteiger partial charge in [-0.2, -0.15) is 0 Å². The molecular weight excluding hydrogens is 493 g/mol. The van der Waals surface area contributed by atoms with E-state index >= 15 is 0 Å². The lowest BCUT2D eigenvalue weighted by atomic mass is 9.58. The molecule has 2 N–H and O–H groups in total. The molecule has 2 amide bonds. The number of phenolic OH excluding ortho intramolecular Hbond substituents is 1. The van der Waals surface area contributed by atoms with E-state index in [-0.39, 0.29) is 29.6 Å². The Hall–Kier alpha value is -3.36. The zero-order valence-corrected chi connectivity index (χ0v) is 22.6. The second-order valence-electron chi connectivity index (χ2n) is 10.9. The van der Waals surface area contributed by atoms with Crippen molar-refractivity contribution in [1.82, 2.24) is 4.90 Å². The number of aromatic hydroxyl groups is 1. The van der Waals surface area contributed by atoms with Crippen molar-refractivity contribution in [1.29, 1.82) is 0 Å². The summed E-state index contributed by atoms with van der Waals surface area (Å²) >= 11 is 0. The number of para-hydroxylation sites is 1. The molecule has 2 aliphatic heterocycles. The number of nitrogens with zero attached hydrogens (tertiary/aromatic N) is 1. The number of benzene rings is 2. The summed E-state index contributed by atoms with van der Waals surface area (Å²) in [6.07, 6.45) is 4.44. The SMILES string of the molecule is CCCN1C(=O)[C@@H]2[C@@H](CC(COc3ccccc3)=C3[C@@H](CC/C(C)=C/c4cccc(O)c4)OB(O)C[C@@H]32)C1=O. The number of allylic oxidation sites excluding steroid dienone is 1. The number of hydrogen-bond donors (Lipinski definition) is 2. The van der Waals surface area contributed by atoms with Gasteiger partial charge in [0.1, 0.15) is 18.1 Å². The molecule has 2 aromatic carbocycles. The molecule has 204 valence electrons. The topological polar surface area (TPSA) is 96.3 Å². The van der Waals surface area contributed by atoms with E-state index in [1.807, 2.05) is 62.4 Å². The van der Waals surface area contributed by atoms with Crippen LogP contribution in [0.25, 0.3) is 6.08 Å². The van der Waals surface area contributed by atoms with Crippen molar-refractivity contribution in [3.8, 4) is 11.5 Å². The van der Waals surface area contributed by atoms with Crippen molar-refractivity contribution in [2.75, 3.05) is 13.2 Å². The molecule has 2 heterocycles. The van der Waals surface area contributed by atoms with Crippen LogP contribution in [-0.4, -0.2) is 53.2 Å². The minimum Gasteiger partial charge on any atom is -0.508 e. The first kappa shape index (κ1) is 27.2. The average molecular weight is 529 g/mol. The summed E-state index contributed by atoms with van der Waals surface area (Å²) in [5.74, 6) is -0.425. The van der Waals surface area contributed by atoms with Gasteiger partial charge in [0, 0.05) is 6.54 Å². The van der Waals surface area contributed by atoms with E-state index in [1.165, 1.54) is 4.90 Å². The first-order valence-electron chi connectivity index (χ1n) is 13.9. The molecule has 0 radical (unpaired) electrons. The predicted octanol–water partition coefficient (Wildman–Crippen LogP) is 4.86. The molecule has 2 aromatic rings. The standard InChI is InChI=1S/C31H36BNO6/c1-3-14-33-30(35)25-17-22(19-38-24-10-5-4-6-11-24)28-26(29(25)31(33)36)18-32(37)39-27(28)13-12-20(2)15-21-8-7-9-23(34)16-21/h4-11,15-16,25-27,29,34,37H,3,12-14,17-19H2,1-2H3/b20-15+/t25-,26+,27-,29-/m1/s1. The maximum Gasteiger partial charge on any atom is 0.455 e. The average Bonchev–Trinajstić information content (AvgIpc) is 3.15. The summed E-state index contributed by atoms with van der Waals surface area (Å²) in [5, 5.41) is 20.6. The minimum atomic E-state index is -1.00. The van der Waals surface area contributed by atoms with E-state index in [0.717, 1.165) is 28.0 Å². The van der Waals surface area contributed by atoms with Gasteiger partial charge in [0.2, 0.25) is 11.8 Å². The van der Waals surface area contributed by atoms with Gasteiger partial charge in [0.15, 0.2) is 0 Å². The van der Waals surface area contributed by atoms with Gasteiger partial charge in [0.05, 0.1) is 17.9 Å². The fourth-order valence-electron chi connectivity index (χ4n) is 6.42. The summed E-state index contributed by atoms with van der Waals surface area (Å²) in [5.41, 5.74) is 4.04. The Kier molecular flexibility index (Phi) is 8.24. The smallest absolute Gasteiger partial charge is 0.455 e. The van der Waals surface area contributed by atoms with Gasteiger partial charge >= 0.3 is 7.12 Å². The van der Waals surface area contributed by atoms with Crippen LogP contribution in [0.5, 0.6) is 11.5 Å². The zero-order valence-electron chi connectivity index (χ0n) is 22.6. The maximum atomic E-state index is 13.5. The molecule has 2 saturated heterocycles. The maximum absolute atomic E-state index is 13.5. The number of fused-ring (bicyclic) bond motifs is 3. The second kappa shape index (κ2) is 11.8. The number of carbonyl (C=O) groups is 2. The quantitative estimate of drug-likeness (QED) is 0.274. The summed E-state index contributed by atoms with van der Waals surface area (Å²) in [7, 11) is -1.00. The molecule has 0 bridgehead atoms. The molecule has 4 atom stereocenters. The van der Waals surface area contributed by atoms with Crippen molar-refractivity contribution in [2.45, 2.75) is 52.0 Å². The molecular formula is C31H36BNO6. The summed E-state index contributed by atoms with van der Waals surface area (Å²) < 4.78 is 12.3. The first-order chi connectivity index (χ1) is 18.9.